The molecule has 2 aromatic carbocycles. The van der Waals surface area contributed by atoms with Crippen molar-refractivity contribution in [3.63, 3.8) is 0 Å². The average Bonchev–Trinajstić information content (AvgIpc) is 2.90. The quantitative estimate of drug-likeness (QED) is 0.734. The normalized spacial score (nSPS) is 10.8. The molecule has 1 heterocycles. The molecular weight excluding hydrogens is 269 g/mol. The van der Waals surface area contributed by atoms with Gasteiger partial charge >= 0.3 is 0 Å². The van der Waals surface area contributed by atoms with Gasteiger partial charge in [0, 0.05) is 5.69 Å². The van der Waals surface area contributed by atoms with E-state index in [-0.39, 0.29) is 0 Å². The van der Waals surface area contributed by atoms with Gasteiger partial charge in [0.2, 0.25) is 0 Å². The van der Waals surface area contributed by atoms with Gasteiger partial charge in [0.1, 0.15) is 5.82 Å². The highest BCUT2D eigenvalue weighted by Gasteiger charge is 2.16. The van der Waals surface area contributed by atoms with E-state index < -0.39 is 5.82 Å². The van der Waals surface area contributed by atoms with E-state index in [1.165, 1.54) is 10.7 Å². The van der Waals surface area contributed by atoms with Crippen molar-refractivity contribution in [1.29, 1.82) is 0 Å². The minimum Gasteiger partial charge on any atom is -0.399 e. The predicted molar refractivity (Wildman–Crippen MR) is 78.4 cm³/mol. The van der Waals surface area contributed by atoms with E-state index >= 15 is 0 Å². The average molecular weight is 283 g/mol. The van der Waals surface area contributed by atoms with E-state index in [0.717, 1.165) is 16.8 Å². The maximum Gasteiger partial charge on any atom is 0.190 e. The molecule has 5 nitrogen and oxygen atoms in total. The molecule has 0 radical (unpaired) electrons. The van der Waals surface area contributed by atoms with Gasteiger partial charge in [-0.25, -0.2) is 4.39 Å². The summed E-state index contributed by atoms with van der Waals surface area (Å²) in [5, 5.41) is 11.6. The van der Waals surface area contributed by atoms with Crippen molar-refractivity contribution in [1.82, 2.24) is 20.2 Å². The highest BCUT2D eigenvalue weighted by molar-refractivity contribution is 5.62. The lowest BCUT2D eigenvalue weighted by Crippen LogP contribution is -2.03. The van der Waals surface area contributed by atoms with Crippen LogP contribution in [0.5, 0.6) is 0 Å². The van der Waals surface area contributed by atoms with Crippen LogP contribution in [-0.2, 0) is 0 Å². The summed E-state index contributed by atoms with van der Waals surface area (Å²) in [4.78, 5) is 0. The monoisotopic (exact) mass is 283 g/mol. The summed E-state index contributed by atoms with van der Waals surface area (Å²) in [5.74, 6) is -0.0995. The van der Waals surface area contributed by atoms with Crippen molar-refractivity contribution < 1.29 is 4.39 Å². The molecule has 0 saturated carbocycles. The molecule has 0 unspecified atom stereocenters. The summed E-state index contributed by atoms with van der Waals surface area (Å²) in [6, 6.07) is 10.4. The van der Waals surface area contributed by atoms with Gasteiger partial charge in [0.25, 0.3) is 0 Å². The Morgan fingerprint density at radius 2 is 1.90 bits per heavy atom. The highest BCUT2D eigenvalue weighted by Crippen LogP contribution is 2.25. The second-order valence-corrected chi connectivity index (χ2v) is 4.94. The van der Waals surface area contributed by atoms with Gasteiger partial charge in [-0.3, -0.25) is 0 Å². The standard InChI is InChI=1S/C15H14FN5/c1-9-3-4-10(2)14(7-9)21-15(18-19-20-21)12-6-5-11(17)8-13(12)16/h3-8H,17H2,1-2H3. The molecule has 0 aliphatic heterocycles. The number of hydrogen-bond donors (Lipinski definition) is 1. The minimum absolute atomic E-state index is 0.315. The van der Waals surface area contributed by atoms with Crippen LogP contribution in [0, 0.1) is 19.7 Å². The molecule has 0 amide bonds. The summed E-state index contributed by atoms with van der Waals surface area (Å²) >= 11 is 0. The molecular formula is C15H14FN5. The molecule has 0 spiro atoms. The van der Waals surface area contributed by atoms with Gasteiger partial charge in [-0.1, -0.05) is 12.1 Å². The van der Waals surface area contributed by atoms with Gasteiger partial charge in [0.15, 0.2) is 5.82 Å². The Labute approximate surface area is 121 Å². The van der Waals surface area contributed by atoms with Gasteiger partial charge in [-0.05, 0) is 59.7 Å². The summed E-state index contributed by atoms with van der Waals surface area (Å²) in [6.45, 7) is 3.94. The van der Waals surface area contributed by atoms with Crippen molar-refractivity contribution in [2.75, 3.05) is 5.73 Å². The number of nitrogens with zero attached hydrogens (tertiary/aromatic N) is 4. The van der Waals surface area contributed by atoms with Crippen LogP contribution in [0.15, 0.2) is 36.4 Å². The summed E-state index contributed by atoms with van der Waals surface area (Å²) in [5.41, 5.74) is 9.16. The van der Waals surface area contributed by atoms with E-state index in [2.05, 4.69) is 15.5 Å². The van der Waals surface area contributed by atoms with Crippen molar-refractivity contribution in [2.45, 2.75) is 13.8 Å². The first kappa shape index (κ1) is 13.2. The van der Waals surface area contributed by atoms with E-state index in [1.54, 1.807) is 12.1 Å². The number of halogens is 1. The zero-order valence-corrected chi connectivity index (χ0v) is 11.7. The fourth-order valence-corrected chi connectivity index (χ4v) is 2.18. The molecule has 0 aliphatic carbocycles. The first-order valence-electron chi connectivity index (χ1n) is 6.47. The maximum atomic E-state index is 14.1. The van der Waals surface area contributed by atoms with Crippen molar-refractivity contribution in [3.8, 4) is 17.1 Å². The second kappa shape index (κ2) is 4.97. The minimum atomic E-state index is -0.448. The van der Waals surface area contributed by atoms with Gasteiger partial charge in [0.05, 0.1) is 11.3 Å². The van der Waals surface area contributed by atoms with Gasteiger partial charge in [-0.2, -0.15) is 4.68 Å². The largest absolute Gasteiger partial charge is 0.399 e. The summed E-state index contributed by atoms with van der Waals surface area (Å²) in [6.07, 6.45) is 0. The Morgan fingerprint density at radius 1 is 1.10 bits per heavy atom. The van der Waals surface area contributed by atoms with Gasteiger partial charge in [-0.15, -0.1) is 5.10 Å². The number of anilines is 1. The fourth-order valence-electron chi connectivity index (χ4n) is 2.18. The number of nitrogen functional groups attached to an aromatic ring is 1. The van der Waals surface area contributed by atoms with E-state index in [9.17, 15) is 4.39 Å². The van der Waals surface area contributed by atoms with Crippen LogP contribution in [0.4, 0.5) is 10.1 Å². The second-order valence-electron chi connectivity index (χ2n) is 4.94. The van der Waals surface area contributed by atoms with E-state index in [1.807, 2.05) is 32.0 Å². The Bertz CT molecular complexity index is 810. The number of aryl methyl sites for hydroxylation is 2. The van der Waals surface area contributed by atoms with Crippen molar-refractivity contribution >= 4 is 5.69 Å². The van der Waals surface area contributed by atoms with Crippen molar-refractivity contribution in [2.24, 2.45) is 0 Å². The zero-order chi connectivity index (χ0) is 15.0. The Balaban J connectivity index is 2.19. The molecule has 21 heavy (non-hydrogen) atoms. The van der Waals surface area contributed by atoms with Crippen LogP contribution in [0.25, 0.3) is 17.1 Å². The maximum absolute atomic E-state index is 14.1. The number of nitrogens with two attached hydrogens (primary N) is 1. The predicted octanol–water partition coefficient (Wildman–Crippen LogP) is 2.67. The fraction of sp³-hybridized carbons (Fsp3) is 0.133. The molecule has 0 aliphatic rings. The Hall–Kier alpha value is -2.76. The molecule has 106 valence electrons. The third-order valence-corrected chi connectivity index (χ3v) is 3.30. The zero-order valence-electron chi connectivity index (χ0n) is 11.7. The smallest absolute Gasteiger partial charge is 0.190 e. The first-order valence-corrected chi connectivity index (χ1v) is 6.47. The van der Waals surface area contributed by atoms with Crippen LogP contribution < -0.4 is 5.73 Å². The van der Waals surface area contributed by atoms with E-state index in [0.29, 0.717) is 17.1 Å². The number of rotatable bonds is 2. The molecule has 6 heteroatoms. The van der Waals surface area contributed by atoms with Gasteiger partial charge < -0.3 is 5.73 Å². The summed E-state index contributed by atoms with van der Waals surface area (Å²) < 4.78 is 15.6. The molecule has 3 rings (SSSR count). The van der Waals surface area contributed by atoms with Crippen LogP contribution in [-0.4, -0.2) is 20.2 Å². The van der Waals surface area contributed by atoms with Crippen LogP contribution in [0.2, 0.25) is 0 Å². The number of aromatic nitrogens is 4. The van der Waals surface area contributed by atoms with Crippen molar-refractivity contribution in [3.05, 3.63) is 53.3 Å². The number of hydrogen-bond acceptors (Lipinski definition) is 4. The molecule has 0 saturated heterocycles. The van der Waals surface area contributed by atoms with Crippen LogP contribution in [0.1, 0.15) is 11.1 Å². The first-order chi connectivity index (χ1) is 10.1. The lowest BCUT2D eigenvalue weighted by atomic mass is 10.1. The van der Waals surface area contributed by atoms with Crippen LogP contribution >= 0.6 is 0 Å². The lowest BCUT2D eigenvalue weighted by molar-refractivity contribution is 0.629. The SMILES string of the molecule is Cc1ccc(C)c(-n2nnnc2-c2ccc(N)cc2F)c1. The van der Waals surface area contributed by atoms with E-state index in [4.69, 9.17) is 5.73 Å². The number of benzene rings is 2. The third-order valence-electron chi connectivity index (χ3n) is 3.30. The molecule has 3 aromatic rings. The van der Waals surface area contributed by atoms with Crippen LogP contribution in [0.3, 0.4) is 0 Å². The third kappa shape index (κ3) is 2.35. The lowest BCUT2D eigenvalue weighted by Gasteiger charge is -2.09. The molecule has 2 N–H and O–H groups in total. The highest BCUT2D eigenvalue weighted by atomic mass is 19.1. The number of tetrazole rings is 1. The summed E-state index contributed by atoms with van der Waals surface area (Å²) in [7, 11) is 0. The topological polar surface area (TPSA) is 69.6 Å². The Kier molecular flexibility index (Phi) is 3.13. The molecule has 1 aromatic heterocycles. The molecule has 0 atom stereocenters. The Morgan fingerprint density at radius 3 is 2.67 bits per heavy atom. The molecule has 0 fully saturated rings. The molecule has 0 bridgehead atoms.